The summed E-state index contributed by atoms with van der Waals surface area (Å²) in [6, 6.07) is 0. The van der Waals surface area contributed by atoms with Crippen LogP contribution in [-0.2, 0) is 28.8 Å². The molecule has 0 aromatic heterocycles. The van der Waals surface area contributed by atoms with E-state index in [1.807, 2.05) is 27.7 Å². The summed E-state index contributed by atoms with van der Waals surface area (Å²) in [5.41, 5.74) is 4.95. The Labute approximate surface area is 280 Å². The van der Waals surface area contributed by atoms with E-state index < -0.39 is 0 Å². The third-order valence-electron chi connectivity index (χ3n) is 7.82. The summed E-state index contributed by atoms with van der Waals surface area (Å²) in [6.45, 7) is 17.2. The van der Waals surface area contributed by atoms with E-state index in [4.69, 9.17) is 5.73 Å². The Morgan fingerprint density at radius 3 is 1.89 bits per heavy atom. The third-order valence-corrected chi connectivity index (χ3v) is 7.82. The van der Waals surface area contributed by atoms with Crippen LogP contribution in [-0.4, -0.2) is 48.7 Å². The molecular weight excluding hydrogens is 582 g/mol. The average Bonchev–Trinajstić information content (AvgIpc) is 3.90. The third kappa shape index (κ3) is 24.4. The van der Waals surface area contributed by atoms with Crippen molar-refractivity contribution in [3.63, 3.8) is 0 Å². The van der Waals surface area contributed by atoms with Gasteiger partial charge in [-0.2, -0.15) is 0 Å². The van der Waals surface area contributed by atoms with E-state index in [0.717, 1.165) is 51.4 Å². The van der Waals surface area contributed by atoms with Gasteiger partial charge in [-0.3, -0.25) is 28.8 Å². The number of allylic oxidation sites excluding steroid dienone is 2. The van der Waals surface area contributed by atoms with Crippen LogP contribution in [0.2, 0.25) is 0 Å². The molecule has 46 heavy (non-hydrogen) atoms. The number of hydrogen-bond donors (Lipinski definition) is 3. The van der Waals surface area contributed by atoms with E-state index in [0.29, 0.717) is 12.3 Å². The van der Waals surface area contributed by atoms with Crippen molar-refractivity contribution >= 4 is 35.1 Å². The van der Waals surface area contributed by atoms with Gasteiger partial charge in [-0.15, -0.1) is 0 Å². The lowest BCUT2D eigenvalue weighted by molar-refractivity contribution is -0.138. The number of nitrogens with two attached hydrogens (primary N) is 1. The van der Waals surface area contributed by atoms with Crippen molar-refractivity contribution < 1.29 is 28.8 Å². The maximum absolute atomic E-state index is 11.2. The molecule has 0 spiro atoms. The van der Waals surface area contributed by atoms with Crippen LogP contribution in [0.5, 0.6) is 0 Å². The molecule has 0 unspecified atom stereocenters. The van der Waals surface area contributed by atoms with E-state index in [1.54, 1.807) is 7.05 Å². The van der Waals surface area contributed by atoms with Gasteiger partial charge in [0.15, 0.2) is 5.78 Å². The lowest BCUT2D eigenvalue weighted by Gasteiger charge is -2.16. The summed E-state index contributed by atoms with van der Waals surface area (Å²) in [5.74, 6) is 0.430. The van der Waals surface area contributed by atoms with Gasteiger partial charge in [0.1, 0.15) is 5.78 Å². The van der Waals surface area contributed by atoms with E-state index in [1.165, 1.54) is 39.5 Å². The van der Waals surface area contributed by atoms with Crippen molar-refractivity contribution in [2.45, 2.75) is 146 Å². The van der Waals surface area contributed by atoms with Crippen LogP contribution in [0.4, 0.5) is 0 Å². The number of primary amides is 1. The molecule has 0 radical (unpaired) electrons. The Kier molecular flexibility index (Phi) is 24.0. The number of rotatable bonds is 17. The summed E-state index contributed by atoms with van der Waals surface area (Å²) in [6.07, 6.45) is 18.0. The Morgan fingerprint density at radius 1 is 0.913 bits per heavy atom. The molecule has 2 aliphatic rings. The largest absolute Gasteiger partial charge is 0.369 e. The fourth-order valence-electron chi connectivity index (χ4n) is 4.53. The number of ketones is 3. The standard InChI is InChI=1S/C12H21NO.C9H17NO2.C9H19NO.C7H10O2/c1-3-4-5-6-7-8-10-9-11(10)12(14)13-2;1-7(11)6-10-8(12)5-9(2,3)4;1-3-5-7-8(6-4-2)9(10)11;1-5(8)6(9)7(2)3-4-7/h7-8,10-11H,3-6,9H2,1-2H3,(H,13,14);5-6H2,1-4H3,(H,10,12);8H,3-7H2,1-2H3,(H2,10,11);3-4H2,1-2H3/b8-7-;;;/t10-,11+;;8-;/m1.0./s1. The molecule has 9 nitrogen and oxygen atoms in total. The first-order chi connectivity index (χ1) is 21.4. The monoisotopic (exact) mass is 650 g/mol. The van der Waals surface area contributed by atoms with Gasteiger partial charge in [-0.25, -0.2) is 0 Å². The normalized spacial score (nSPS) is 17.8. The van der Waals surface area contributed by atoms with Gasteiger partial charge < -0.3 is 16.4 Å². The predicted octanol–water partition coefficient (Wildman–Crippen LogP) is 6.66. The van der Waals surface area contributed by atoms with Crippen molar-refractivity contribution in [3.05, 3.63) is 12.2 Å². The van der Waals surface area contributed by atoms with Crippen LogP contribution >= 0.6 is 0 Å². The molecule has 2 saturated carbocycles. The molecule has 2 aliphatic carbocycles. The summed E-state index contributed by atoms with van der Waals surface area (Å²) >= 11 is 0. The highest BCUT2D eigenvalue weighted by atomic mass is 16.2. The number of nitrogens with one attached hydrogen (secondary N) is 2. The molecule has 0 aromatic rings. The minimum Gasteiger partial charge on any atom is -0.369 e. The van der Waals surface area contributed by atoms with Gasteiger partial charge in [0.2, 0.25) is 23.5 Å². The lowest BCUT2D eigenvalue weighted by atomic mass is 9.92. The fourth-order valence-corrected chi connectivity index (χ4v) is 4.53. The zero-order valence-corrected chi connectivity index (χ0v) is 30.8. The molecule has 2 fully saturated rings. The molecule has 9 heteroatoms. The first-order valence-corrected chi connectivity index (χ1v) is 17.4. The average molecular weight is 650 g/mol. The summed E-state index contributed by atoms with van der Waals surface area (Å²) in [7, 11) is 1.71. The molecule has 0 aliphatic heterocycles. The Hall–Kier alpha value is -2.84. The second kappa shape index (κ2) is 24.3. The molecule has 2 rings (SSSR count). The highest BCUT2D eigenvalue weighted by Gasteiger charge is 2.46. The van der Waals surface area contributed by atoms with Crippen LogP contribution in [0, 0.1) is 28.6 Å². The van der Waals surface area contributed by atoms with Gasteiger partial charge in [0.05, 0.1) is 6.54 Å². The van der Waals surface area contributed by atoms with Crippen LogP contribution in [0.1, 0.15) is 146 Å². The van der Waals surface area contributed by atoms with Gasteiger partial charge >= 0.3 is 0 Å². The predicted molar refractivity (Wildman–Crippen MR) is 187 cm³/mol. The molecule has 4 N–H and O–H groups in total. The zero-order chi connectivity index (χ0) is 35.9. The first kappa shape index (κ1) is 45.3. The highest BCUT2D eigenvalue weighted by Crippen LogP contribution is 2.45. The molecular formula is C37H67N3O6. The second-order valence-electron chi connectivity index (χ2n) is 14.2. The molecule has 3 atom stereocenters. The van der Waals surface area contributed by atoms with Crippen molar-refractivity contribution in [1.29, 1.82) is 0 Å². The van der Waals surface area contributed by atoms with Crippen LogP contribution < -0.4 is 16.4 Å². The molecule has 266 valence electrons. The van der Waals surface area contributed by atoms with Gasteiger partial charge in [-0.05, 0) is 63.2 Å². The SMILES string of the molecule is CC(=O)C(=O)C1(C)CC1.CC(=O)CNC(=O)CC(C)(C)C.CCCCC/C=C\[C@@H]1C[C@@H]1C(=O)NC.CCCC[C@H](CCC)C(N)=O. The molecule has 0 heterocycles. The number of Topliss-reactive ketones (excluding diaryl/α,β-unsaturated/α-hetero) is 3. The van der Waals surface area contributed by atoms with Crippen molar-refractivity contribution in [2.75, 3.05) is 13.6 Å². The molecule has 0 aromatic carbocycles. The number of hydrogen-bond acceptors (Lipinski definition) is 6. The van der Waals surface area contributed by atoms with Gasteiger partial charge in [0.25, 0.3) is 0 Å². The Bertz CT molecular complexity index is 978. The van der Waals surface area contributed by atoms with E-state index in [2.05, 4.69) is 43.6 Å². The minimum absolute atomic E-state index is 0.0130. The zero-order valence-electron chi connectivity index (χ0n) is 30.8. The Morgan fingerprint density at radius 2 is 1.50 bits per heavy atom. The van der Waals surface area contributed by atoms with Crippen LogP contribution in [0.3, 0.4) is 0 Å². The van der Waals surface area contributed by atoms with Crippen LogP contribution in [0.25, 0.3) is 0 Å². The Balaban J connectivity index is 0. The first-order valence-electron chi connectivity index (χ1n) is 17.4. The van der Waals surface area contributed by atoms with E-state index in [-0.39, 0.29) is 64.3 Å². The molecule has 3 amide bonds. The fraction of sp³-hybridized carbons (Fsp3) is 0.784. The maximum atomic E-state index is 11.2. The molecule has 0 saturated heterocycles. The number of carbonyl (C=O) groups is 6. The summed E-state index contributed by atoms with van der Waals surface area (Å²) < 4.78 is 0. The number of amides is 3. The van der Waals surface area contributed by atoms with Crippen molar-refractivity contribution in [3.8, 4) is 0 Å². The summed E-state index contributed by atoms with van der Waals surface area (Å²) in [4.78, 5) is 64.9. The quantitative estimate of drug-likeness (QED) is 0.0911. The van der Waals surface area contributed by atoms with Gasteiger partial charge in [-0.1, -0.05) is 92.7 Å². The maximum Gasteiger partial charge on any atom is 0.223 e. The molecule has 0 bridgehead atoms. The van der Waals surface area contributed by atoms with E-state index in [9.17, 15) is 28.8 Å². The van der Waals surface area contributed by atoms with Crippen LogP contribution in [0.15, 0.2) is 12.2 Å². The lowest BCUT2D eigenvalue weighted by Crippen LogP contribution is -2.31. The highest BCUT2D eigenvalue weighted by molar-refractivity contribution is 6.38. The second-order valence-corrected chi connectivity index (χ2v) is 14.2. The summed E-state index contributed by atoms with van der Waals surface area (Å²) in [5, 5.41) is 5.24. The number of carbonyl (C=O) groups excluding carboxylic acids is 6. The number of unbranched alkanes of at least 4 members (excludes halogenated alkanes) is 4. The minimum atomic E-state index is -0.296. The van der Waals surface area contributed by atoms with Crippen molar-refractivity contribution in [1.82, 2.24) is 10.6 Å². The van der Waals surface area contributed by atoms with E-state index >= 15 is 0 Å². The smallest absolute Gasteiger partial charge is 0.223 e. The van der Waals surface area contributed by atoms with Crippen molar-refractivity contribution in [2.24, 2.45) is 34.3 Å². The topological polar surface area (TPSA) is 152 Å². The van der Waals surface area contributed by atoms with Gasteiger partial charge in [0, 0.05) is 37.6 Å².